The summed E-state index contributed by atoms with van der Waals surface area (Å²) < 4.78 is 13.9. The van der Waals surface area contributed by atoms with Crippen molar-refractivity contribution in [1.29, 1.82) is 0 Å². The maximum Gasteiger partial charge on any atom is 0.124 e. The monoisotopic (exact) mass is 302 g/mol. The normalized spacial score (nSPS) is 10.8. The fraction of sp³-hybridized carbons (Fsp3) is 0.100. The molecule has 0 aliphatic carbocycles. The predicted octanol–water partition coefficient (Wildman–Crippen LogP) is 2.87. The molecule has 1 aromatic heterocycles. The summed E-state index contributed by atoms with van der Waals surface area (Å²) in [6, 6.07) is 4.45. The lowest BCUT2D eigenvalue weighted by Gasteiger charge is -2.06. The van der Waals surface area contributed by atoms with E-state index >= 15 is 0 Å². The summed E-state index contributed by atoms with van der Waals surface area (Å²) in [5.74, 6) is -0.286. The molecule has 0 radical (unpaired) electrons. The molecule has 1 heterocycles. The lowest BCUT2D eigenvalue weighted by molar-refractivity contribution is 0.629. The molecule has 2 rings (SSSR count). The van der Waals surface area contributed by atoms with E-state index in [2.05, 4.69) is 27.6 Å². The molecular formula is C10H8FIN2. The molecule has 0 amide bonds. The van der Waals surface area contributed by atoms with Crippen LogP contribution in [-0.2, 0) is 0 Å². The molecule has 0 atom stereocenters. The zero-order chi connectivity index (χ0) is 10.3. The number of benzene rings is 1. The Hall–Kier alpha value is -0.910. The topological polar surface area (TPSA) is 38.9 Å². The fourth-order valence-electron chi connectivity index (χ4n) is 1.36. The van der Waals surface area contributed by atoms with Crippen molar-refractivity contribution in [2.45, 2.75) is 6.92 Å². The van der Waals surface area contributed by atoms with Crippen LogP contribution in [0.2, 0.25) is 0 Å². The summed E-state index contributed by atoms with van der Waals surface area (Å²) in [4.78, 5) is 4.32. The second kappa shape index (κ2) is 3.34. The van der Waals surface area contributed by atoms with E-state index in [1.54, 1.807) is 6.07 Å². The first-order valence-electron chi connectivity index (χ1n) is 4.10. The van der Waals surface area contributed by atoms with Gasteiger partial charge in [0.25, 0.3) is 0 Å². The number of rotatable bonds is 0. The zero-order valence-electron chi connectivity index (χ0n) is 7.51. The van der Waals surface area contributed by atoms with E-state index in [1.165, 1.54) is 12.1 Å². The highest BCUT2D eigenvalue weighted by atomic mass is 127. The van der Waals surface area contributed by atoms with Gasteiger partial charge in [-0.05, 0) is 47.7 Å². The third-order valence-corrected chi connectivity index (χ3v) is 3.45. The minimum Gasteiger partial charge on any atom is -0.397 e. The third-order valence-electron chi connectivity index (χ3n) is 2.09. The van der Waals surface area contributed by atoms with E-state index < -0.39 is 0 Å². The molecule has 0 saturated heterocycles. The molecule has 0 aliphatic heterocycles. The van der Waals surface area contributed by atoms with Crippen molar-refractivity contribution in [3.63, 3.8) is 0 Å². The summed E-state index contributed by atoms with van der Waals surface area (Å²) in [6.07, 6.45) is 0. The maximum atomic E-state index is 13.0. The number of anilines is 1. The predicted molar refractivity (Wildman–Crippen MR) is 63.6 cm³/mol. The smallest absolute Gasteiger partial charge is 0.124 e. The first kappa shape index (κ1) is 9.64. The number of halogens is 2. The second-order valence-corrected chi connectivity index (χ2v) is 4.17. The minimum atomic E-state index is -0.286. The number of pyridine rings is 1. The molecule has 0 unspecified atom stereocenters. The molecule has 0 spiro atoms. The van der Waals surface area contributed by atoms with Crippen LogP contribution in [0.3, 0.4) is 0 Å². The first-order chi connectivity index (χ1) is 6.59. The Kier molecular flexibility index (Phi) is 2.30. The van der Waals surface area contributed by atoms with Gasteiger partial charge >= 0.3 is 0 Å². The van der Waals surface area contributed by atoms with Gasteiger partial charge in [0.1, 0.15) is 5.82 Å². The van der Waals surface area contributed by atoms with E-state index in [0.717, 1.165) is 14.8 Å². The first-order valence-corrected chi connectivity index (χ1v) is 5.18. The van der Waals surface area contributed by atoms with E-state index in [0.29, 0.717) is 11.1 Å². The number of hydrogen-bond donors (Lipinski definition) is 1. The number of fused-ring (bicyclic) bond motifs is 1. The van der Waals surface area contributed by atoms with Gasteiger partial charge in [0.15, 0.2) is 0 Å². The van der Waals surface area contributed by atoms with Gasteiger partial charge in [0, 0.05) is 5.39 Å². The van der Waals surface area contributed by atoms with Crippen molar-refractivity contribution >= 4 is 39.2 Å². The van der Waals surface area contributed by atoms with E-state index in [-0.39, 0.29) is 5.82 Å². The van der Waals surface area contributed by atoms with Crippen molar-refractivity contribution in [3.05, 3.63) is 33.3 Å². The van der Waals surface area contributed by atoms with E-state index in [9.17, 15) is 4.39 Å². The van der Waals surface area contributed by atoms with Crippen molar-refractivity contribution in [2.75, 3.05) is 5.73 Å². The summed E-state index contributed by atoms with van der Waals surface area (Å²) in [5.41, 5.74) is 8.09. The van der Waals surface area contributed by atoms with Crippen molar-refractivity contribution < 1.29 is 4.39 Å². The van der Waals surface area contributed by atoms with Gasteiger partial charge in [-0.15, -0.1) is 0 Å². The molecule has 72 valence electrons. The maximum absolute atomic E-state index is 13.0. The Balaban J connectivity index is 2.92. The molecule has 2 nitrogen and oxygen atoms in total. The van der Waals surface area contributed by atoms with Crippen LogP contribution in [0.25, 0.3) is 10.9 Å². The summed E-state index contributed by atoms with van der Waals surface area (Å²) in [7, 11) is 0. The summed E-state index contributed by atoms with van der Waals surface area (Å²) in [5, 5.41) is 0.681. The van der Waals surface area contributed by atoms with Crippen LogP contribution in [-0.4, -0.2) is 4.98 Å². The Bertz CT molecular complexity index is 511. The van der Waals surface area contributed by atoms with Crippen LogP contribution in [0.4, 0.5) is 10.1 Å². The van der Waals surface area contributed by atoms with Crippen LogP contribution in [0.1, 0.15) is 5.69 Å². The Morgan fingerprint density at radius 1 is 1.43 bits per heavy atom. The molecular weight excluding hydrogens is 294 g/mol. The number of nitrogens with two attached hydrogens (primary N) is 1. The second-order valence-electron chi connectivity index (χ2n) is 3.09. The van der Waals surface area contributed by atoms with Gasteiger partial charge in [-0.1, -0.05) is 0 Å². The molecule has 2 N–H and O–H groups in total. The molecule has 1 aromatic carbocycles. The number of nitrogen functional groups attached to an aromatic ring is 1. The minimum absolute atomic E-state index is 0.286. The van der Waals surface area contributed by atoms with Gasteiger partial charge in [0.05, 0.1) is 20.5 Å². The van der Waals surface area contributed by atoms with Crippen molar-refractivity contribution in [2.24, 2.45) is 0 Å². The zero-order valence-corrected chi connectivity index (χ0v) is 9.67. The highest BCUT2D eigenvalue weighted by molar-refractivity contribution is 14.1. The van der Waals surface area contributed by atoms with Crippen LogP contribution < -0.4 is 5.73 Å². The van der Waals surface area contributed by atoms with Gasteiger partial charge in [-0.2, -0.15) is 0 Å². The Morgan fingerprint density at radius 3 is 2.86 bits per heavy atom. The van der Waals surface area contributed by atoms with Crippen LogP contribution in [0, 0.1) is 16.3 Å². The Morgan fingerprint density at radius 2 is 2.14 bits per heavy atom. The number of aryl methyl sites for hydroxylation is 1. The quantitative estimate of drug-likeness (QED) is 0.760. The van der Waals surface area contributed by atoms with E-state index in [1.807, 2.05) is 6.92 Å². The van der Waals surface area contributed by atoms with Gasteiger partial charge in [-0.25, -0.2) is 4.39 Å². The van der Waals surface area contributed by atoms with Crippen LogP contribution in [0.15, 0.2) is 18.2 Å². The molecule has 2 aromatic rings. The standard InChI is InChI=1S/C10H8FIN2/c1-5-9(12)10(13)7-4-6(11)2-3-8(7)14-5/h2-4H,1H3,(H2,13,14). The summed E-state index contributed by atoms with van der Waals surface area (Å²) >= 11 is 2.12. The fourth-order valence-corrected chi connectivity index (χ4v) is 1.78. The number of nitrogens with zero attached hydrogens (tertiary/aromatic N) is 1. The van der Waals surface area contributed by atoms with Crippen LogP contribution in [0.5, 0.6) is 0 Å². The molecule has 0 aliphatic rings. The average Bonchev–Trinajstić information content (AvgIpc) is 2.16. The highest BCUT2D eigenvalue weighted by Crippen LogP contribution is 2.27. The lowest BCUT2D eigenvalue weighted by atomic mass is 10.1. The number of hydrogen-bond acceptors (Lipinski definition) is 2. The van der Waals surface area contributed by atoms with Gasteiger partial charge in [0.2, 0.25) is 0 Å². The molecule has 0 fully saturated rings. The van der Waals surface area contributed by atoms with E-state index in [4.69, 9.17) is 5.73 Å². The van der Waals surface area contributed by atoms with Crippen molar-refractivity contribution in [1.82, 2.24) is 4.98 Å². The van der Waals surface area contributed by atoms with Crippen LogP contribution >= 0.6 is 22.6 Å². The van der Waals surface area contributed by atoms with Crippen molar-refractivity contribution in [3.8, 4) is 0 Å². The third kappa shape index (κ3) is 1.43. The molecule has 14 heavy (non-hydrogen) atoms. The number of aromatic nitrogens is 1. The Labute approximate surface area is 94.5 Å². The van der Waals surface area contributed by atoms with Gasteiger partial charge in [-0.3, -0.25) is 4.98 Å². The highest BCUT2D eigenvalue weighted by Gasteiger charge is 2.07. The van der Waals surface area contributed by atoms with Gasteiger partial charge < -0.3 is 5.73 Å². The average molecular weight is 302 g/mol. The SMILES string of the molecule is Cc1nc2ccc(F)cc2c(N)c1I. The largest absolute Gasteiger partial charge is 0.397 e. The molecule has 4 heteroatoms. The summed E-state index contributed by atoms with van der Waals surface area (Å²) in [6.45, 7) is 1.89. The molecule has 0 bridgehead atoms. The molecule has 0 saturated carbocycles. The lowest BCUT2D eigenvalue weighted by Crippen LogP contribution is -1.97.